The van der Waals surface area contributed by atoms with Crippen molar-refractivity contribution in [1.82, 2.24) is 0 Å². The van der Waals surface area contributed by atoms with Gasteiger partial charge in [0.25, 0.3) is 0 Å². The molecule has 0 saturated heterocycles. The van der Waals surface area contributed by atoms with Crippen molar-refractivity contribution < 1.29 is 4.92 Å². The van der Waals surface area contributed by atoms with Crippen molar-refractivity contribution >= 4 is 27.5 Å². The van der Waals surface area contributed by atoms with Crippen LogP contribution in [0.4, 0.5) is 0 Å². The molecule has 0 aliphatic carbocycles. The molecule has 0 unspecified atom stereocenters. The van der Waals surface area contributed by atoms with Crippen molar-refractivity contribution in [2.75, 3.05) is 0 Å². The molecule has 0 atom stereocenters. The van der Waals surface area contributed by atoms with Gasteiger partial charge < -0.3 is 0 Å². The summed E-state index contributed by atoms with van der Waals surface area (Å²) in [7, 11) is 0. The van der Waals surface area contributed by atoms with E-state index in [0.29, 0.717) is 6.42 Å². The Hall–Kier alpha value is -1.68. The van der Waals surface area contributed by atoms with Gasteiger partial charge >= 0.3 is 0 Å². The van der Waals surface area contributed by atoms with Gasteiger partial charge in [0.1, 0.15) is 0 Å². The van der Waals surface area contributed by atoms with Gasteiger partial charge in [-0.25, -0.2) is 0 Å². The zero-order valence-corrected chi connectivity index (χ0v) is 10.4. The highest BCUT2D eigenvalue weighted by Crippen LogP contribution is 2.28. The Bertz CT molecular complexity index is 572. The van der Waals surface area contributed by atoms with Crippen LogP contribution in [-0.2, 0) is 0 Å². The summed E-state index contributed by atoms with van der Waals surface area (Å²) in [5.41, 5.74) is 1.24. The number of fused-ring (bicyclic) bond motifs is 1. The summed E-state index contributed by atoms with van der Waals surface area (Å²) < 4.78 is 1.16. The second kappa shape index (κ2) is 5.10. The fraction of sp³-hybridized carbons (Fsp3) is 0.231. The molecule has 0 aliphatic heterocycles. The highest BCUT2D eigenvalue weighted by molar-refractivity contribution is 7.17. The molecule has 2 rings (SSSR count). The Balaban J connectivity index is 2.45. The second-order valence-electron chi connectivity index (χ2n) is 3.83. The molecule has 0 saturated carbocycles. The van der Waals surface area contributed by atoms with E-state index in [1.807, 2.05) is 36.6 Å². The molecule has 0 amide bonds. The van der Waals surface area contributed by atoms with Crippen LogP contribution >= 0.6 is 11.3 Å². The van der Waals surface area contributed by atoms with Gasteiger partial charge in [0.2, 0.25) is 5.70 Å². The SMILES string of the molecule is CCCC(=Cc1csc2ccccc12)[N+](=O)[O-]. The summed E-state index contributed by atoms with van der Waals surface area (Å²) in [6.45, 7) is 1.95. The van der Waals surface area contributed by atoms with E-state index in [0.717, 1.165) is 22.1 Å². The highest BCUT2D eigenvalue weighted by Gasteiger charge is 2.11. The number of benzene rings is 1. The summed E-state index contributed by atoms with van der Waals surface area (Å²) >= 11 is 1.62. The highest BCUT2D eigenvalue weighted by atomic mass is 32.1. The number of nitrogens with zero attached hydrogens (tertiary/aromatic N) is 1. The molecule has 1 aromatic heterocycles. The zero-order chi connectivity index (χ0) is 12.3. The van der Waals surface area contributed by atoms with Crippen LogP contribution in [-0.4, -0.2) is 4.92 Å². The van der Waals surface area contributed by atoms with Gasteiger partial charge in [-0.2, -0.15) is 0 Å². The smallest absolute Gasteiger partial charge is 0.246 e. The van der Waals surface area contributed by atoms with Crippen LogP contribution in [0, 0.1) is 10.1 Å². The minimum absolute atomic E-state index is 0.282. The molecule has 0 radical (unpaired) electrons. The fourth-order valence-corrected chi connectivity index (χ4v) is 2.68. The van der Waals surface area contributed by atoms with E-state index in [2.05, 4.69) is 0 Å². The predicted molar refractivity (Wildman–Crippen MR) is 71.7 cm³/mol. The van der Waals surface area contributed by atoms with E-state index in [4.69, 9.17) is 0 Å². The van der Waals surface area contributed by atoms with Gasteiger partial charge in [0, 0.05) is 17.2 Å². The van der Waals surface area contributed by atoms with Gasteiger partial charge in [-0.1, -0.05) is 25.1 Å². The quantitative estimate of drug-likeness (QED) is 0.596. The van der Waals surface area contributed by atoms with Gasteiger partial charge in [-0.3, -0.25) is 10.1 Å². The third-order valence-corrected chi connectivity index (χ3v) is 3.56. The van der Waals surface area contributed by atoms with Crippen LogP contribution in [0.2, 0.25) is 0 Å². The van der Waals surface area contributed by atoms with Crippen molar-refractivity contribution in [3.8, 4) is 0 Å². The Morgan fingerprint density at radius 3 is 2.94 bits per heavy atom. The Morgan fingerprint density at radius 2 is 2.24 bits per heavy atom. The number of thiophene rings is 1. The number of nitro groups is 1. The number of hydrogen-bond acceptors (Lipinski definition) is 3. The lowest BCUT2D eigenvalue weighted by Crippen LogP contribution is -1.97. The average Bonchev–Trinajstić information content (AvgIpc) is 2.72. The van der Waals surface area contributed by atoms with Crippen LogP contribution in [0.3, 0.4) is 0 Å². The molecular weight excluding hydrogens is 234 g/mol. The first-order chi connectivity index (χ1) is 8.22. The molecule has 0 fully saturated rings. The van der Waals surface area contributed by atoms with Gasteiger partial charge in [0.15, 0.2) is 0 Å². The number of hydrogen-bond donors (Lipinski definition) is 0. The summed E-state index contributed by atoms with van der Waals surface area (Å²) in [5, 5.41) is 14.0. The molecule has 3 nitrogen and oxygen atoms in total. The van der Waals surface area contributed by atoms with Crippen molar-refractivity contribution in [2.24, 2.45) is 0 Å². The van der Waals surface area contributed by atoms with E-state index in [9.17, 15) is 10.1 Å². The van der Waals surface area contributed by atoms with E-state index in [-0.39, 0.29) is 10.6 Å². The minimum atomic E-state index is -0.282. The topological polar surface area (TPSA) is 43.1 Å². The normalized spacial score (nSPS) is 11.9. The number of rotatable bonds is 4. The van der Waals surface area contributed by atoms with Crippen molar-refractivity contribution in [3.63, 3.8) is 0 Å². The van der Waals surface area contributed by atoms with Crippen molar-refractivity contribution in [1.29, 1.82) is 0 Å². The predicted octanol–water partition coefficient (Wildman–Crippen LogP) is 4.32. The molecule has 88 valence electrons. The maximum atomic E-state index is 10.9. The Morgan fingerprint density at radius 1 is 1.47 bits per heavy atom. The molecular formula is C13H13NO2S. The molecule has 1 aromatic carbocycles. The first-order valence-corrected chi connectivity index (χ1v) is 6.41. The molecule has 4 heteroatoms. The van der Waals surface area contributed by atoms with E-state index < -0.39 is 0 Å². The molecule has 0 spiro atoms. The molecule has 17 heavy (non-hydrogen) atoms. The summed E-state index contributed by atoms with van der Waals surface area (Å²) in [6, 6.07) is 7.97. The molecule has 2 aromatic rings. The Kier molecular flexibility index (Phi) is 3.54. The first kappa shape index (κ1) is 11.8. The maximum absolute atomic E-state index is 10.9. The fourth-order valence-electron chi connectivity index (χ4n) is 1.76. The molecule has 0 bridgehead atoms. The van der Waals surface area contributed by atoms with Crippen LogP contribution in [0.15, 0.2) is 35.3 Å². The van der Waals surface area contributed by atoms with Gasteiger partial charge in [-0.05, 0) is 28.8 Å². The summed E-state index contributed by atoms with van der Waals surface area (Å²) in [4.78, 5) is 10.6. The molecule has 0 aliphatic rings. The van der Waals surface area contributed by atoms with E-state index >= 15 is 0 Å². The summed E-state index contributed by atoms with van der Waals surface area (Å²) in [5.74, 6) is 0. The van der Waals surface area contributed by atoms with Crippen LogP contribution in [0.25, 0.3) is 16.2 Å². The van der Waals surface area contributed by atoms with Gasteiger partial charge in [0.05, 0.1) is 4.92 Å². The molecule has 1 heterocycles. The van der Waals surface area contributed by atoms with Crippen LogP contribution in [0.5, 0.6) is 0 Å². The zero-order valence-electron chi connectivity index (χ0n) is 9.55. The Labute approximate surface area is 104 Å². The maximum Gasteiger partial charge on any atom is 0.246 e. The summed E-state index contributed by atoms with van der Waals surface area (Å²) in [6.07, 6.45) is 2.99. The second-order valence-corrected chi connectivity index (χ2v) is 4.74. The lowest BCUT2D eigenvalue weighted by molar-refractivity contribution is -0.426. The van der Waals surface area contributed by atoms with Gasteiger partial charge in [-0.15, -0.1) is 11.3 Å². The van der Waals surface area contributed by atoms with Crippen LogP contribution < -0.4 is 0 Å². The van der Waals surface area contributed by atoms with Crippen molar-refractivity contribution in [3.05, 3.63) is 51.0 Å². The minimum Gasteiger partial charge on any atom is -0.259 e. The van der Waals surface area contributed by atoms with Crippen molar-refractivity contribution in [2.45, 2.75) is 19.8 Å². The van der Waals surface area contributed by atoms with E-state index in [1.54, 1.807) is 17.4 Å². The lowest BCUT2D eigenvalue weighted by Gasteiger charge is -1.96. The third-order valence-electron chi connectivity index (χ3n) is 2.57. The molecule has 0 N–H and O–H groups in total. The lowest BCUT2D eigenvalue weighted by atomic mass is 10.1. The largest absolute Gasteiger partial charge is 0.259 e. The average molecular weight is 247 g/mol. The number of allylic oxidation sites excluding steroid dienone is 1. The van der Waals surface area contributed by atoms with E-state index in [1.165, 1.54) is 0 Å². The first-order valence-electron chi connectivity index (χ1n) is 5.53. The standard InChI is InChI=1S/C13H13NO2S/c1-2-5-11(14(15)16)8-10-9-17-13-7-4-3-6-12(10)13/h3-4,6-9H,2,5H2,1H3. The van der Waals surface area contributed by atoms with Crippen LogP contribution in [0.1, 0.15) is 25.3 Å². The third kappa shape index (κ3) is 2.53. The monoisotopic (exact) mass is 247 g/mol.